The van der Waals surface area contributed by atoms with Crippen LogP contribution in [0.5, 0.6) is 0 Å². The fourth-order valence-corrected chi connectivity index (χ4v) is 4.28. The largest absolute Gasteiger partial charge is 0.385 e. The van der Waals surface area contributed by atoms with Gasteiger partial charge in [0.25, 0.3) is 0 Å². The lowest BCUT2D eigenvalue weighted by Gasteiger charge is -2.32. The number of aryl methyl sites for hydroxylation is 2. The van der Waals surface area contributed by atoms with Gasteiger partial charge in [0.2, 0.25) is 0 Å². The molecule has 1 aliphatic rings. The Morgan fingerprint density at radius 1 is 1.36 bits per heavy atom. The van der Waals surface area contributed by atoms with E-state index in [9.17, 15) is 5.11 Å². The Morgan fingerprint density at radius 3 is 2.96 bits per heavy atom. The summed E-state index contributed by atoms with van der Waals surface area (Å²) in [5.74, 6) is 0.261. The van der Waals surface area contributed by atoms with Gasteiger partial charge in [0.15, 0.2) is 0 Å². The van der Waals surface area contributed by atoms with E-state index in [1.54, 1.807) is 12.4 Å². The van der Waals surface area contributed by atoms with Crippen molar-refractivity contribution in [1.29, 1.82) is 0 Å². The van der Waals surface area contributed by atoms with Crippen LogP contribution in [0.4, 0.5) is 0 Å². The second kappa shape index (κ2) is 5.97. The summed E-state index contributed by atoms with van der Waals surface area (Å²) in [6.45, 7) is 5.80. The number of pyridine rings is 1. The zero-order valence-corrected chi connectivity index (χ0v) is 15.1. The third kappa shape index (κ3) is 2.75. The Labute approximate surface area is 148 Å². The van der Waals surface area contributed by atoms with Crippen molar-refractivity contribution in [2.45, 2.75) is 38.3 Å². The van der Waals surface area contributed by atoms with Gasteiger partial charge >= 0.3 is 0 Å². The summed E-state index contributed by atoms with van der Waals surface area (Å²) in [5.41, 5.74) is 5.25. The van der Waals surface area contributed by atoms with Crippen molar-refractivity contribution in [3.8, 4) is 0 Å². The van der Waals surface area contributed by atoms with E-state index < -0.39 is 5.60 Å². The van der Waals surface area contributed by atoms with E-state index in [4.69, 9.17) is 0 Å². The maximum Gasteiger partial charge on any atom is 0.0890 e. The maximum absolute atomic E-state index is 11.1. The molecule has 0 spiro atoms. The smallest absolute Gasteiger partial charge is 0.0890 e. The molecule has 25 heavy (non-hydrogen) atoms. The molecule has 0 saturated heterocycles. The predicted molar refractivity (Wildman–Crippen MR) is 101 cm³/mol. The van der Waals surface area contributed by atoms with Gasteiger partial charge in [0.05, 0.1) is 5.60 Å². The van der Waals surface area contributed by atoms with Gasteiger partial charge < -0.3 is 15.0 Å². The standard InChI is InChI=1S/C21H25N3O/c1-14-6-7-19-17(9-14)18-13-23-11-15(20(18)24(19)3)10-21(2,25)16-5-4-8-22-12-16/h4-9,12,15,23,25H,10-11,13H2,1-3H3. The summed E-state index contributed by atoms with van der Waals surface area (Å²) in [4.78, 5) is 4.17. The van der Waals surface area contributed by atoms with E-state index in [2.05, 4.69) is 47.0 Å². The molecule has 0 radical (unpaired) electrons. The normalized spacial score (nSPS) is 19.6. The van der Waals surface area contributed by atoms with Crippen molar-refractivity contribution >= 4 is 10.9 Å². The van der Waals surface area contributed by atoms with Gasteiger partial charge in [0.1, 0.15) is 0 Å². The summed E-state index contributed by atoms with van der Waals surface area (Å²) >= 11 is 0. The van der Waals surface area contributed by atoms with Crippen LogP contribution in [0, 0.1) is 6.92 Å². The van der Waals surface area contributed by atoms with Crippen LogP contribution in [0.25, 0.3) is 10.9 Å². The van der Waals surface area contributed by atoms with Crippen molar-refractivity contribution in [3.63, 3.8) is 0 Å². The minimum Gasteiger partial charge on any atom is -0.385 e. The van der Waals surface area contributed by atoms with Crippen molar-refractivity contribution < 1.29 is 5.11 Å². The van der Waals surface area contributed by atoms with Crippen molar-refractivity contribution in [3.05, 3.63) is 65.1 Å². The highest BCUT2D eigenvalue weighted by atomic mass is 16.3. The lowest BCUT2D eigenvalue weighted by Crippen LogP contribution is -2.34. The summed E-state index contributed by atoms with van der Waals surface area (Å²) in [6, 6.07) is 10.5. The Kier molecular flexibility index (Phi) is 3.89. The molecule has 0 fully saturated rings. The zero-order valence-electron chi connectivity index (χ0n) is 15.1. The fraction of sp³-hybridized carbons (Fsp3) is 0.381. The molecule has 2 N–H and O–H groups in total. The number of aliphatic hydroxyl groups is 1. The van der Waals surface area contributed by atoms with Crippen LogP contribution in [0.2, 0.25) is 0 Å². The minimum atomic E-state index is -0.901. The first-order valence-corrected chi connectivity index (χ1v) is 8.89. The van der Waals surface area contributed by atoms with Crippen LogP contribution < -0.4 is 5.32 Å². The number of nitrogens with zero attached hydrogens (tertiary/aromatic N) is 2. The second-order valence-electron chi connectivity index (χ2n) is 7.49. The summed E-state index contributed by atoms with van der Waals surface area (Å²) < 4.78 is 2.31. The number of fused-ring (bicyclic) bond motifs is 3. The molecule has 130 valence electrons. The van der Waals surface area contributed by atoms with E-state index >= 15 is 0 Å². The summed E-state index contributed by atoms with van der Waals surface area (Å²) in [6.07, 6.45) is 4.18. The van der Waals surface area contributed by atoms with Gasteiger partial charge in [-0.1, -0.05) is 17.7 Å². The molecule has 2 unspecified atom stereocenters. The number of aromatic nitrogens is 2. The fourth-order valence-electron chi connectivity index (χ4n) is 4.28. The molecule has 2 aromatic heterocycles. The molecule has 0 saturated carbocycles. The van der Waals surface area contributed by atoms with Crippen LogP contribution in [0.1, 0.15) is 41.6 Å². The molecule has 3 heterocycles. The van der Waals surface area contributed by atoms with Crippen molar-refractivity contribution in [2.24, 2.45) is 7.05 Å². The van der Waals surface area contributed by atoms with Crippen molar-refractivity contribution in [2.75, 3.05) is 6.54 Å². The van der Waals surface area contributed by atoms with Gasteiger partial charge in [0, 0.05) is 60.6 Å². The molecular weight excluding hydrogens is 310 g/mol. The molecule has 2 atom stereocenters. The molecule has 4 nitrogen and oxygen atoms in total. The van der Waals surface area contributed by atoms with Crippen LogP contribution in [0.3, 0.4) is 0 Å². The number of nitrogens with one attached hydrogen (secondary N) is 1. The Balaban J connectivity index is 1.76. The van der Waals surface area contributed by atoms with Crippen LogP contribution in [-0.4, -0.2) is 21.2 Å². The highest BCUT2D eigenvalue weighted by Crippen LogP contribution is 2.39. The van der Waals surface area contributed by atoms with Gasteiger partial charge in [-0.25, -0.2) is 0 Å². The first-order valence-electron chi connectivity index (χ1n) is 8.89. The molecular formula is C21H25N3O. The quantitative estimate of drug-likeness (QED) is 0.771. The molecule has 3 aromatic rings. The third-order valence-electron chi connectivity index (χ3n) is 5.52. The Morgan fingerprint density at radius 2 is 2.20 bits per heavy atom. The number of hydrogen-bond donors (Lipinski definition) is 2. The topological polar surface area (TPSA) is 50.1 Å². The predicted octanol–water partition coefficient (Wildman–Crippen LogP) is 3.37. The van der Waals surface area contributed by atoms with Gasteiger partial charge in [-0.15, -0.1) is 0 Å². The van der Waals surface area contributed by atoms with Gasteiger partial charge in [-0.05, 0) is 44.0 Å². The second-order valence-corrected chi connectivity index (χ2v) is 7.49. The van der Waals surface area contributed by atoms with Crippen LogP contribution in [0.15, 0.2) is 42.7 Å². The van der Waals surface area contributed by atoms with E-state index in [1.165, 1.54) is 27.7 Å². The molecule has 1 aliphatic heterocycles. The average molecular weight is 335 g/mol. The monoisotopic (exact) mass is 335 g/mol. The van der Waals surface area contributed by atoms with Crippen LogP contribution in [-0.2, 0) is 19.2 Å². The summed E-state index contributed by atoms with van der Waals surface area (Å²) in [7, 11) is 2.15. The lowest BCUT2D eigenvalue weighted by atomic mass is 9.82. The molecule has 4 heteroatoms. The highest BCUT2D eigenvalue weighted by molar-refractivity contribution is 5.86. The van der Waals surface area contributed by atoms with E-state index in [1.807, 2.05) is 19.1 Å². The minimum absolute atomic E-state index is 0.261. The molecule has 1 aromatic carbocycles. The lowest BCUT2D eigenvalue weighted by molar-refractivity contribution is 0.0380. The van der Waals surface area contributed by atoms with Gasteiger partial charge in [-0.2, -0.15) is 0 Å². The molecule has 0 bridgehead atoms. The number of hydrogen-bond acceptors (Lipinski definition) is 3. The SMILES string of the molecule is Cc1ccc2c(c1)c1c(n2C)C(CC(C)(O)c2cccnc2)CNC1. The van der Waals surface area contributed by atoms with E-state index in [-0.39, 0.29) is 5.92 Å². The zero-order chi connectivity index (χ0) is 17.6. The molecule has 0 aliphatic carbocycles. The van der Waals surface area contributed by atoms with E-state index in [0.717, 1.165) is 18.7 Å². The maximum atomic E-state index is 11.1. The number of rotatable bonds is 3. The van der Waals surface area contributed by atoms with Crippen LogP contribution >= 0.6 is 0 Å². The number of benzene rings is 1. The molecule has 4 rings (SSSR count). The Hall–Kier alpha value is -2.17. The Bertz CT molecular complexity index is 912. The van der Waals surface area contributed by atoms with Gasteiger partial charge in [-0.3, -0.25) is 4.98 Å². The van der Waals surface area contributed by atoms with E-state index in [0.29, 0.717) is 6.42 Å². The third-order valence-corrected chi connectivity index (χ3v) is 5.52. The highest BCUT2D eigenvalue weighted by Gasteiger charge is 2.33. The summed E-state index contributed by atoms with van der Waals surface area (Å²) in [5, 5.41) is 16.0. The van der Waals surface area contributed by atoms with Crippen molar-refractivity contribution in [1.82, 2.24) is 14.9 Å². The first-order chi connectivity index (χ1) is 12.0. The first kappa shape index (κ1) is 16.3. The molecule has 0 amide bonds. The average Bonchev–Trinajstić information content (AvgIpc) is 2.89.